The van der Waals surface area contributed by atoms with Crippen molar-refractivity contribution in [2.45, 2.75) is 20.3 Å². The fraction of sp³-hybridized carbons (Fsp3) is 0.286. The van der Waals surface area contributed by atoms with Gasteiger partial charge in [-0.05, 0) is 30.3 Å². The molecule has 0 spiro atoms. The van der Waals surface area contributed by atoms with Gasteiger partial charge in [0.2, 0.25) is 17.7 Å². The second-order valence-electron chi connectivity index (χ2n) is 6.95. The van der Waals surface area contributed by atoms with E-state index in [0.29, 0.717) is 17.9 Å². The van der Waals surface area contributed by atoms with Gasteiger partial charge in [-0.1, -0.05) is 38.1 Å². The molecule has 27 heavy (non-hydrogen) atoms. The molecule has 3 amide bonds. The van der Waals surface area contributed by atoms with Crippen molar-refractivity contribution in [1.82, 2.24) is 0 Å². The first-order chi connectivity index (χ1) is 12.9. The minimum absolute atomic E-state index is 0.0562. The number of para-hydroxylation sites is 1. The van der Waals surface area contributed by atoms with E-state index in [1.54, 1.807) is 29.2 Å². The first-order valence-electron chi connectivity index (χ1n) is 9.01. The highest BCUT2D eigenvalue weighted by Gasteiger charge is 2.35. The van der Waals surface area contributed by atoms with Crippen LogP contribution >= 0.6 is 0 Å². The molecule has 2 N–H and O–H groups in total. The summed E-state index contributed by atoms with van der Waals surface area (Å²) in [7, 11) is 0. The number of benzene rings is 2. The Morgan fingerprint density at radius 3 is 2.33 bits per heavy atom. The number of carbonyl (C=O) groups excluding carboxylic acids is 3. The van der Waals surface area contributed by atoms with E-state index in [2.05, 4.69) is 10.6 Å². The maximum absolute atomic E-state index is 12.6. The Kier molecular flexibility index (Phi) is 5.54. The summed E-state index contributed by atoms with van der Waals surface area (Å²) >= 11 is 0. The maximum Gasteiger partial charge on any atom is 0.229 e. The Labute approximate surface area is 158 Å². The number of hydrogen-bond donors (Lipinski definition) is 2. The van der Waals surface area contributed by atoms with Crippen LogP contribution in [0.4, 0.5) is 17.1 Å². The van der Waals surface area contributed by atoms with Crippen LogP contribution in [0.15, 0.2) is 54.6 Å². The van der Waals surface area contributed by atoms with Gasteiger partial charge in [0.15, 0.2) is 0 Å². The zero-order valence-electron chi connectivity index (χ0n) is 15.4. The zero-order chi connectivity index (χ0) is 19.4. The van der Waals surface area contributed by atoms with Gasteiger partial charge >= 0.3 is 0 Å². The van der Waals surface area contributed by atoms with E-state index in [9.17, 15) is 14.4 Å². The van der Waals surface area contributed by atoms with Crippen LogP contribution in [0.2, 0.25) is 0 Å². The molecule has 1 aliphatic rings. The molecular formula is C21H23N3O3. The molecule has 1 fully saturated rings. The molecule has 6 heteroatoms. The van der Waals surface area contributed by atoms with Crippen molar-refractivity contribution >= 4 is 34.8 Å². The van der Waals surface area contributed by atoms with Crippen LogP contribution in [0.3, 0.4) is 0 Å². The quantitative estimate of drug-likeness (QED) is 0.853. The third-order valence-electron chi connectivity index (χ3n) is 4.49. The molecule has 0 aromatic heterocycles. The van der Waals surface area contributed by atoms with E-state index in [1.165, 1.54) is 0 Å². The van der Waals surface area contributed by atoms with Crippen molar-refractivity contribution in [2.24, 2.45) is 11.8 Å². The number of carbonyl (C=O) groups is 3. The van der Waals surface area contributed by atoms with E-state index in [0.717, 1.165) is 5.69 Å². The molecule has 1 heterocycles. The summed E-state index contributed by atoms with van der Waals surface area (Å²) in [5.41, 5.74) is 2.02. The number of nitrogens with one attached hydrogen (secondary N) is 2. The average molecular weight is 365 g/mol. The van der Waals surface area contributed by atoms with Crippen LogP contribution in [-0.2, 0) is 14.4 Å². The molecule has 1 atom stereocenters. The Morgan fingerprint density at radius 1 is 1.00 bits per heavy atom. The van der Waals surface area contributed by atoms with Crippen molar-refractivity contribution in [1.29, 1.82) is 0 Å². The van der Waals surface area contributed by atoms with Crippen LogP contribution in [0.1, 0.15) is 20.3 Å². The van der Waals surface area contributed by atoms with E-state index in [-0.39, 0.29) is 30.1 Å². The van der Waals surface area contributed by atoms with E-state index in [4.69, 9.17) is 0 Å². The molecule has 3 rings (SSSR count). The van der Waals surface area contributed by atoms with Crippen molar-refractivity contribution < 1.29 is 14.4 Å². The molecule has 2 aromatic rings. The molecule has 0 radical (unpaired) electrons. The van der Waals surface area contributed by atoms with Gasteiger partial charge in [-0.3, -0.25) is 14.4 Å². The number of hydrogen-bond acceptors (Lipinski definition) is 3. The minimum atomic E-state index is -0.411. The number of anilines is 3. The highest BCUT2D eigenvalue weighted by atomic mass is 16.2. The number of nitrogens with zero attached hydrogens (tertiary/aromatic N) is 1. The smallest absolute Gasteiger partial charge is 0.229 e. The van der Waals surface area contributed by atoms with Crippen LogP contribution in [0.5, 0.6) is 0 Å². The first kappa shape index (κ1) is 18.6. The van der Waals surface area contributed by atoms with Crippen LogP contribution < -0.4 is 15.5 Å². The lowest BCUT2D eigenvalue weighted by molar-refractivity contribution is -0.122. The second-order valence-corrected chi connectivity index (χ2v) is 6.95. The first-order valence-corrected chi connectivity index (χ1v) is 9.01. The third-order valence-corrected chi connectivity index (χ3v) is 4.49. The molecule has 0 aliphatic carbocycles. The summed E-state index contributed by atoms with van der Waals surface area (Å²) < 4.78 is 0. The lowest BCUT2D eigenvalue weighted by atomic mass is 10.1. The summed E-state index contributed by atoms with van der Waals surface area (Å²) in [5.74, 6) is -0.880. The highest BCUT2D eigenvalue weighted by molar-refractivity contribution is 6.03. The fourth-order valence-electron chi connectivity index (χ4n) is 2.95. The van der Waals surface area contributed by atoms with E-state index >= 15 is 0 Å². The highest BCUT2D eigenvalue weighted by Crippen LogP contribution is 2.26. The fourth-order valence-corrected chi connectivity index (χ4v) is 2.95. The van der Waals surface area contributed by atoms with Crippen molar-refractivity contribution in [3.05, 3.63) is 54.6 Å². The van der Waals surface area contributed by atoms with Crippen LogP contribution in [-0.4, -0.2) is 24.3 Å². The lowest BCUT2D eigenvalue weighted by Crippen LogP contribution is -2.28. The largest absolute Gasteiger partial charge is 0.326 e. The Balaban J connectivity index is 1.64. The molecule has 1 aliphatic heterocycles. The summed E-state index contributed by atoms with van der Waals surface area (Å²) in [4.78, 5) is 38.3. The van der Waals surface area contributed by atoms with Crippen molar-refractivity contribution in [3.63, 3.8) is 0 Å². The minimum Gasteiger partial charge on any atom is -0.326 e. The standard InChI is InChI=1S/C21H23N3O3/c1-14(2)20(26)22-16-7-6-8-17(12-16)23-21(27)15-11-19(25)24(13-15)18-9-4-3-5-10-18/h3-10,12,14-15H,11,13H2,1-2H3,(H,22,26)(H,23,27). The Hall–Kier alpha value is -3.15. The van der Waals surface area contributed by atoms with Gasteiger partial charge < -0.3 is 15.5 Å². The summed E-state index contributed by atoms with van der Waals surface area (Å²) in [5, 5.41) is 5.66. The molecule has 0 bridgehead atoms. The normalized spacial score (nSPS) is 16.5. The molecule has 140 valence electrons. The SMILES string of the molecule is CC(C)C(=O)Nc1cccc(NC(=O)C2CC(=O)N(c3ccccc3)C2)c1. The van der Waals surface area contributed by atoms with Gasteiger partial charge in [0.25, 0.3) is 0 Å². The zero-order valence-corrected chi connectivity index (χ0v) is 15.4. The van der Waals surface area contributed by atoms with Crippen LogP contribution in [0.25, 0.3) is 0 Å². The van der Waals surface area contributed by atoms with Crippen molar-refractivity contribution in [2.75, 3.05) is 22.1 Å². The summed E-state index contributed by atoms with van der Waals surface area (Å²) in [6, 6.07) is 16.4. The molecule has 0 saturated carbocycles. The molecule has 6 nitrogen and oxygen atoms in total. The van der Waals surface area contributed by atoms with Crippen LogP contribution in [0, 0.1) is 11.8 Å². The van der Waals surface area contributed by atoms with Gasteiger partial charge in [0, 0.05) is 35.9 Å². The average Bonchev–Trinajstić information content (AvgIpc) is 3.04. The molecule has 1 unspecified atom stereocenters. The van der Waals surface area contributed by atoms with Crippen molar-refractivity contribution in [3.8, 4) is 0 Å². The predicted octanol–water partition coefficient (Wildman–Crippen LogP) is 3.27. The Morgan fingerprint density at radius 2 is 1.67 bits per heavy atom. The van der Waals surface area contributed by atoms with Gasteiger partial charge in [0.05, 0.1) is 5.92 Å². The van der Waals surface area contributed by atoms with Gasteiger partial charge in [-0.25, -0.2) is 0 Å². The van der Waals surface area contributed by atoms with Gasteiger partial charge in [-0.2, -0.15) is 0 Å². The summed E-state index contributed by atoms with van der Waals surface area (Å²) in [6.45, 7) is 3.99. The predicted molar refractivity (Wildman–Crippen MR) is 105 cm³/mol. The topological polar surface area (TPSA) is 78.5 Å². The van der Waals surface area contributed by atoms with Gasteiger partial charge in [-0.15, -0.1) is 0 Å². The Bertz CT molecular complexity index is 849. The monoisotopic (exact) mass is 365 g/mol. The van der Waals surface area contributed by atoms with E-state index < -0.39 is 5.92 Å². The number of amides is 3. The lowest BCUT2D eigenvalue weighted by Gasteiger charge is -2.16. The van der Waals surface area contributed by atoms with E-state index in [1.807, 2.05) is 44.2 Å². The molecular weight excluding hydrogens is 342 g/mol. The third kappa shape index (κ3) is 4.53. The summed E-state index contributed by atoms with van der Waals surface area (Å²) in [6.07, 6.45) is 0.185. The second kappa shape index (κ2) is 8.03. The number of rotatable bonds is 5. The molecule has 2 aromatic carbocycles. The maximum atomic E-state index is 12.6. The van der Waals surface area contributed by atoms with Gasteiger partial charge in [0.1, 0.15) is 0 Å². The molecule has 1 saturated heterocycles.